The van der Waals surface area contributed by atoms with Crippen LogP contribution >= 0.6 is 0 Å². The van der Waals surface area contributed by atoms with Gasteiger partial charge in [0.25, 0.3) is 0 Å². The second kappa shape index (κ2) is 7.65. The number of oxime groups is 1. The van der Waals surface area contributed by atoms with Crippen molar-refractivity contribution in [2.75, 3.05) is 0 Å². The summed E-state index contributed by atoms with van der Waals surface area (Å²) in [6.07, 6.45) is 12.4. The Balaban J connectivity index is 1.55. The summed E-state index contributed by atoms with van der Waals surface area (Å²) in [6, 6.07) is 0. The van der Waals surface area contributed by atoms with Gasteiger partial charge in [-0.3, -0.25) is 4.79 Å². The SMILES string of the molecule is CC(=O)O/N=C(/C)C1=CC[C@@H]2[C@@H]3CC=C4C[C@@H](OC(C)=O)CC[C@]4(C)[C@@H]3CC[C@]12C. The molecule has 0 spiro atoms. The molecule has 0 amide bonds. The number of esters is 1. The van der Waals surface area contributed by atoms with Crippen molar-refractivity contribution in [3.8, 4) is 0 Å². The van der Waals surface area contributed by atoms with Gasteiger partial charge < -0.3 is 9.57 Å². The van der Waals surface area contributed by atoms with Crippen molar-refractivity contribution >= 4 is 17.7 Å². The first-order valence-corrected chi connectivity index (χ1v) is 11.4. The Hall–Kier alpha value is -1.91. The van der Waals surface area contributed by atoms with E-state index in [1.807, 2.05) is 6.92 Å². The normalized spacial score (nSPS) is 40.4. The number of hydrogen-bond acceptors (Lipinski definition) is 5. The second-order valence-corrected chi connectivity index (χ2v) is 10.3. The van der Waals surface area contributed by atoms with Crippen LogP contribution in [0.15, 0.2) is 28.5 Å². The number of nitrogens with zero attached hydrogens (tertiary/aromatic N) is 1. The molecule has 4 aliphatic carbocycles. The highest BCUT2D eigenvalue weighted by Gasteiger charge is 2.57. The van der Waals surface area contributed by atoms with Crippen LogP contribution in [0.1, 0.15) is 79.6 Å². The molecule has 0 aromatic rings. The van der Waals surface area contributed by atoms with Gasteiger partial charge in [0.1, 0.15) is 6.10 Å². The number of carbonyl (C=O) groups excluding carboxylic acids is 2. The summed E-state index contributed by atoms with van der Waals surface area (Å²) in [7, 11) is 0. The minimum absolute atomic E-state index is 0.0483. The number of allylic oxidation sites excluding steroid dienone is 3. The van der Waals surface area contributed by atoms with E-state index in [2.05, 4.69) is 31.2 Å². The van der Waals surface area contributed by atoms with Gasteiger partial charge in [0.2, 0.25) is 0 Å². The zero-order chi connectivity index (χ0) is 21.7. The van der Waals surface area contributed by atoms with Crippen LogP contribution in [0.3, 0.4) is 0 Å². The molecule has 0 saturated heterocycles. The summed E-state index contributed by atoms with van der Waals surface area (Å²) < 4.78 is 5.55. The van der Waals surface area contributed by atoms with Crippen LogP contribution in [-0.2, 0) is 19.2 Å². The van der Waals surface area contributed by atoms with Gasteiger partial charge in [-0.15, -0.1) is 0 Å². The fourth-order valence-electron chi connectivity index (χ4n) is 7.27. The molecule has 0 aromatic heterocycles. The number of hydrogen-bond donors (Lipinski definition) is 0. The van der Waals surface area contributed by atoms with Gasteiger partial charge in [0, 0.05) is 20.3 Å². The molecule has 2 saturated carbocycles. The number of carbonyl (C=O) groups is 2. The minimum atomic E-state index is -0.374. The van der Waals surface area contributed by atoms with E-state index in [4.69, 9.17) is 9.57 Å². The molecule has 0 aliphatic heterocycles. The van der Waals surface area contributed by atoms with Crippen LogP contribution in [-0.4, -0.2) is 23.8 Å². The third-order valence-electron chi connectivity index (χ3n) is 8.67. The van der Waals surface area contributed by atoms with Crippen LogP contribution < -0.4 is 0 Å². The smallest absolute Gasteiger partial charge is 0.331 e. The van der Waals surface area contributed by atoms with Gasteiger partial charge in [-0.25, -0.2) is 4.79 Å². The van der Waals surface area contributed by atoms with E-state index in [0.29, 0.717) is 17.8 Å². The van der Waals surface area contributed by atoms with Crippen molar-refractivity contribution in [3.63, 3.8) is 0 Å². The summed E-state index contributed by atoms with van der Waals surface area (Å²) in [6.45, 7) is 9.71. The maximum absolute atomic E-state index is 11.4. The van der Waals surface area contributed by atoms with E-state index in [0.717, 1.165) is 44.2 Å². The lowest BCUT2D eigenvalue weighted by Crippen LogP contribution is -2.50. The van der Waals surface area contributed by atoms with Crippen molar-refractivity contribution in [2.45, 2.75) is 85.7 Å². The maximum Gasteiger partial charge on any atom is 0.331 e. The van der Waals surface area contributed by atoms with E-state index < -0.39 is 0 Å². The Morgan fingerprint density at radius 2 is 1.70 bits per heavy atom. The molecule has 164 valence electrons. The highest BCUT2D eigenvalue weighted by Crippen LogP contribution is 2.65. The van der Waals surface area contributed by atoms with E-state index >= 15 is 0 Å². The Morgan fingerprint density at radius 3 is 2.40 bits per heavy atom. The highest BCUT2D eigenvalue weighted by molar-refractivity contribution is 5.99. The topological polar surface area (TPSA) is 65.0 Å². The van der Waals surface area contributed by atoms with Gasteiger partial charge in [0.05, 0.1) is 5.71 Å². The van der Waals surface area contributed by atoms with Gasteiger partial charge in [-0.05, 0) is 79.6 Å². The molecule has 6 atom stereocenters. The van der Waals surface area contributed by atoms with Crippen molar-refractivity contribution in [1.29, 1.82) is 0 Å². The van der Waals surface area contributed by atoms with Crippen molar-refractivity contribution in [3.05, 3.63) is 23.3 Å². The molecule has 0 bridgehead atoms. The van der Waals surface area contributed by atoms with Crippen molar-refractivity contribution in [1.82, 2.24) is 0 Å². The Kier molecular flexibility index (Phi) is 5.44. The van der Waals surface area contributed by atoms with Gasteiger partial charge >= 0.3 is 11.9 Å². The third-order valence-corrected chi connectivity index (χ3v) is 8.67. The molecule has 0 aromatic carbocycles. The highest BCUT2D eigenvalue weighted by atomic mass is 16.7. The molecule has 0 unspecified atom stereocenters. The lowest BCUT2D eigenvalue weighted by atomic mass is 9.47. The third kappa shape index (κ3) is 3.44. The predicted molar refractivity (Wildman–Crippen MR) is 116 cm³/mol. The fraction of sp³-hybridized carbons (Fsp3) is 0.720. The monoisotopic (exact) mass is 413 g/mol. The molecular weight excluding hydrogens is 378 g/mol. The minimum Gasteiger partial charge on any atom is -0.462 e. The zero-order valence-electron chi connectivity index (χ0n) is 19.0. The maximum atomic E-state index is 11.4. The standard InChI is InChI=1S/C25H35NO4/c1-15(26-30-17(3)28)21-8-9-22-20-7-6-18-14-19(29-16(2)27)10-12-24(18,4)23(20)11-13-25(21,22)5/h6,8,19-20,22-23H,7,9-14H2,1-5H3/b26-15-/t19-,20-,22+,23+,24-,25+/m0/s1. The quantitative estimate of drug-likeness (QED) is 0.205. The van der Waals surface area contributed by atoms with E-state index in [1.54, 1.807) is 0 Å². The molecule has 30 heavy (non-hydrogen) atoms. The van der Waals surface area contributed by atoms with E-state index in [9.17, 15) is 9.59 Å². The molecule has 0 N–H and O–H groups in total. The van der Waals surface area contributed by atoms with Crippen LogP contribution in [0, 0.1) is 28.6 Å². The Morgan fingerprint density at radius 1 is 0.967 bits per heavy atom. The van der Waals surface area contributed by atoms with Crippen LogP contribution in [0.4, 0.5) is 0 Å². The lowest BCUT2D eigenvalue weighted by Gasteiger charge is -2.57. The van der Waals surface area contributed by atoms with Crippen molar-refractivity contribution < 1.29 is 19.2 Å². The first kappa shape index (κ1) is 21.3. The van der Waals surface area contributed by atoms with Gasteiger partial charge in [0.15, 0.2) is 0 Å². The molecule has 5 nitrogen and oxygen atoms in total. The molecular formula is C25H35NO4. The van der Waals surface area contributed by atoms with Crippen LogP contribution in [0.5, 0.6) is 0 Å². The summed E-state index contributed by atoms with van der Waals surface area (Å²) in [4.78, 5) is 27.5. The summed E-state index contributed by atoms with van der Waals surface area (Å²) in [5, 5.41) is 4.10. The zero-order valence-corrected chi connectivity index (χ0v) is 19.0. The molecule has 0 heterocycles. The largest absolute Gasteiger partial charge is 0.462 e. The number of rotatable bonds is 3. The molecule has 2 fully saturated rings. The van der Waals surface area contributed by atoms with Gasteiger partial charge in [-0.1, -0.05) is 36.7 Å². The predicted octanol–water partition coefficient (Wildman–Crippen LogP) is 5.36. The molecule has 0 radical (unpaired) electrons. The number of ether oxygens (including phenoxy) is 1. The Bertz CT molecular complexity index is 840. The van der Waals surface area contributed by atoms with Gasteiger partial charge in [-0.2, -0.15) is 0 Å². The Labute approximate surface area is 179 Å². The average Bonchev–Trinajstić information content (AvgIpc) is 3.03. The van der Waals surface area contributed by atoms with Crippen LogP contribution in [0.25, 0.3) is 0 Å². The first-order valence-electron chi connectivity index (χ1n) is 11.4. The average molecular weight is 414 g/mol. The molecule has 4 rings (SSSR count). The lowest BCUT2D eigenvalue weighted by molar-refractivity contribution is -0.148. The molecule has 5 heteroatoms. The second-order valence-electron chi connectivity index (χ2n) is 10.3. The van der Waals surface area contributed by atoms with E-state index in [-0.39, 0.29) is 28.9 Å². The van der Waals surface area contributed by atoms with E-state index in [1.165, 1.54) is 31.4 Å². The summed E-state index contributed by atoms with van der Waals surface area (Å²) >= 11 is 0. The summed E-state index contributed by atoms with van der Waals surface area (Å²) in [5.74, 6) is 1.42. The molecule has 4 aliphatic rings. The van der Waals surface area contributed by atoms with Crippen molar-refractivity contribution in [2.24, 2.45) is 33.7 Å². The fourth-order valence-corrected chi connectivity index (χ4v) is 7.27. The number of fused-ring (bicyclic) bond motifs is 5. The van der Waals surface area contributed by atoms with Crippen LogP contribution in [0.2, 0.25) is 0 Å². The summed E-state index contributed by atoms with van der Waals surface area (Å²) in [5.41, 5.74) is 3.96. The first-order chi connectivity index (χ1) is 14.1.